The summed E-state index contributed by atoms with van der Waals surface area (Å²) >= 11 is 0. The molecule has 0 radical (unpaired) electrons. The molecule has 1 aliphatic rings. The standard InChI is InChI=1S/C23H26N2O9S2/c1-11(2)19(22(27)28)24-35(31,32)13-5-7-15-16-8-6-14(10-18(16)21(26)17(15)9-13)36(33,34)25-20(12(3)4)23(29)30/h5-12,19-20,24-25H,1-4H3,(H,27,28)(H,29,30)/t19-,20-/m0/s1. The number of ketones is 1. The molecule has 36 heavy (non-hydrogen) atoms. The van der Waals surface area contributed by atoms with E-state index in [2.05, 4.69) is 9.44 Å². The lowest BCUT2D eigenvalue weighted by molar-refractivity contribution is -0.141. The number of hydrogen-bond donors (Lipinski definition) is 4. The summed E-state index contributed by atoms with van der Waals surface area (Å²) in [5, 5.41) is 18.6. The van der Waals surface area contributed by atoms with Gasteiger partial charge in [-0.3, -0.25) is 14.4 Å². The number of carboxylic acids is 2. The lowest BCUT2D eigenvalue weighted by Crippen LogP contribution is -2.44. The number of hydrogen-bond acceptors (Lipinski definition) is 7. The van der Waals surface area contributed by atoms with Crippen LogP contribution in [0.1, 0.15) is 43.6 Å². The monoisotopic (exact) mass is 538 g/mol. The number of fused-ring (bicyclic) bond motifs is 3. The fourth-order valence-corrected chi connectivity index (χ4v) is 6.51. The molecule has 2 atom stereocenters. The number of carbonyl (C=O) groups is 3. The molecule has 2 aromatic carbocycles. The molecule has 0 spiro atoms. The molecule has 194 valence electrons. The number of nitrogens with one attached hydrogen (secondary N) is 2. The molecule has 0 fully saturated rings. The first-order valence-corrected chi connectivity index (χ1v) is 13.9. The van der Waals surface area contributed by atoms with E-state index in [1.807, 2.05) is 0 Å². The average Bonchev–Trinajstić information content (AvgIpc) is 3.06. The highest BCUT2D eigenvalue weighted by Gasteiger charge is 2.34. The first-order chi connectivity index (χ1) is 16.6. The second-order valence-electron chi connectivity index (χ2n) is 9.11. The van der Waals surface area contributed by atoms with Gasteiger partial charge in [0.25, 0.3) is 0 Å². The second kappa shape index (κ2) is 9.73. The quantitative estimate of drug-likeness (QED) is 0.298. The van der Waals surface area contributed by atoms with E-state index in [0.29, 0.717) is 11.1 Å². The van der Waals surface area contributed by atoms with Crippen molar-refractivity contribution < 1.29 is 41.4 Å². The predicted molar refractivity (Wildman–Crippen MR) is 128 cm³/mol. The van der Waals surface area contributed by atoms with Gasteiger partial charge in [-0.25, -0.2) is 16.8 Å². The van der Waals surface area contributed by atoms with E-state index in [1.165, 1.54) is 24.3 Å². The van der Waals surface area contributed by atoms with Crippen LogP contribution in [0.25, 0.3) is 11.1 Å². The van der Waals surface area contributed by atoms with Crippen LogP contribution in [0.15, 0.2) is 46.2 Å². The van der Waals surface area contributed by atoms with E-state index in [4.69, 9.17) is 0 Å². The molecule has 2 aromatic rings. The van der Waals surface area contributed by atoms with Crippen molar-refractivity contribution in [2.24, 2.45) is 11.8 Å². The summed E-state index contributed by atoms with van der Waals surface area (Å²) in [6, 6.07) is 4.73. The molecule has 0 aromatic heterocycles. The number of rotatable bonds is 10. The number of carbonyl (C=O) groups excluding carboxylic acids is 1. The van der Waals surface area contributed by atoms with Crippen molar-refractivity contribution in [2.45, 2.75) is 49.6 Å². The van der Waals surface area contributed by atoms with Crippen molar-refractivity contribution in [3.8, 4) is 11.1 Å². The molecular weight excluding hydrogens is 512 g/mol. The van der Waals surface area contributed by atoms with Gasteiger partial charge in [-0.2, -0.15) is 9.44 Å². The summed E-state index contributed by atoms with van der Waals surface area (Å²) in [6.45, 7) is 6.18. The molecule has 11 nitrogen and oxygen atoms in total. The number of sulfonamides is 2. The first kappa shape index (κ1) is 27.5. The summed E-state index contributed by atoms with van der Waals surface area (Å²) in [7, 11) is -8.58. The van der Waals surface area contributed by atoms with Gasteiger partial charge in [0.15, 0.2) is 5.78 Å². The minimum absolute atomic E-state index is 0.0115. The minimum Gasteiger partial charge on any atom is -0.480 e. The van der Waals surface area contributed by atoms with Gasteiger partial charge in [-0.15, -0.1) is 0 Å². The summed E-state index contributed by atoms with van der Waals surface area (Å²) in [4.78, 5) is 35.3. The highest BCUT2D eigenvalue weighted by molar-refractivity contribution is 7.89. The SMILES string of the molecule is CC(C)[C@H](NS(=O)(=O)c1ccc2c(c1)C(=O)c1cc(S(=O)(=O)N[C@H](C(=O)O)C(C)C)ccc1-2)C(=O)O. The van der Waals surface area contributed by atoms with Crippen LogP contribution in [-0.2, 0) is 29.6 Å². The van der Waals surface area contributed by atoms with E-state index in [1.54, 1.807) is 27.7 Å². The van der Waals surface area contributed by atoms with Crippen molar-refractivity contribution in [1.82, 2.24) is 9.44 Å². The summed E-state index contributed by atoms with van der Waals surface area (Å²) in [5.74, 6) is -4.39. The van der Waals surface area contributed by atoms with Crippen LogP contribution < -0.4 is 9.44 Å². The van der Waals surface area contributed by atoms with Crippen LogP contribution in [0.3, 0.4) is 0 Å². The maximum absolute atomic E-state index is 13.1. The minimum atomic E-state index is -4.29. The van der Waals surface area contributed by atoms with Crippen LogP contribution in [0, 0.1) is 11.8 Å². The Morgan fingerprint density at radius 3 is 1.28 bits per heavy atom. The van der Waals surface area contributed by atoms with Crippen molar-refractivity contribution in [2.75, 3.05) is 0 Å². The third-order valence-corrected chi connectivity index (χ3v) is 8.69. The smallest absolute Gasteiger partial charge is 0.322 e. The fraction of sp³-hybridized carbons (Fsp3) is 0.348. The van der Waals surface area contributed by atoms with Crippen molar-refractivity contribution in [1.29, 1.82) is 0 Å². The van der Waals surface area contributed by atoms with E-state index in [0.717, 1.165) is 12.1 Å². The first-order valence-electron chi connectivity index (χ1n) is 10.9. The maximum Gasteiger partial charge on any atom is 0.322 e. The second-order valence-corrected chi connectivity index (χ2v) is 12.5. The molecule has 0 bridgehead atoms. The molecule has 0 saturated heterocycles. The number of aliphatic carboxylic acids is 2. The van der Waals surface area contributed by atoms with Gasteiger partial charge in [0, 0.05) is 11.1 Å². The largest absolute Gasteiger partial charge is 0.480 e. The van der Waals surface area contributed by atoms with E-state index in [-0.39, 0.29) is 20.9 Å². The van der Waals surface area contributed by atoms with E-state index < -0.39 is 61.7 Å². The highest BCUT2D eigenvalue weighted by atomic mass is 32.2. The Morgan fingerprint density at radius 1 is 0.667 bits per heavy atom. The summed E-state index contributed by atoms with van der Waals surface area (Å²) < 4.78 is 55.5. The molecule has 3 rings (SSSR count). The molecule has 0 heterocycles. The summed E-state index contributed by atoms with van der Waals surface area (Å²) in [6.07, 6.45) is 0. The predicted octanol–water partition coefficient (Wildman–Crippen LogP) is 1.67. The van der Waals surface area contributed by atoms with Gasteiger partial charge in [-0.1, -0.05) is 39.8 Å². The van der Waals surface area contributed by atoms with E-state index >= 15 is 0 Å². The van der Waals surface area contributed by atoms with Gasteiger partial charge < -0.3 is 10.2 Å². The van der Waals surface area contributed by atoms with Crippen LogP contribution in [0.5, 0.6) is 0 Å². The Bertz CT molecular complexity index is 1350. The molecule has 0 unspecified atom stereocenters. The van der Waals surface area contributed by atoms with Crippen molar-refractivity contribution >= 4 is 37.8 Å². The van der Waals surface area contributed by atoms with Gasteiger partial charge in [0.05, 0.1) is 9.79 Å². The highest BCUT2D eigenvalue weighted by Crippen LogP contribution is 2.38. The maximum atomic E-state index is 13.1. The molecular formula is C23H26N2O9S2. The zero-order valence-electron chi connectivity index (χ0n) is 19.8. The zero-order valence-corrected chi connectivity index (χ0v) is 21.5. The Labute approximate surface area is 208 Å². The Kier molecular flexibility index (Phi) is 7.42. The average molecular weight is 539 g/mol. The number of carboxylic acid groups (broad SMARTS) is 2. The van der Waals surface area contributed by atoms with Crippen LogP contribution >= 0.6 is 0 Å². The van der Waals surface area contributed by atoms with Gasteiger partial charge >= 0.3 is 11.9 Å². The Hall–Kier alpha value is -3.13. The molecule has 1 aliphatic carbocycles. The van der Waals surface area contributed by atoms with Gasteiger partial charge in [0.1, 0.15) is 12.1 Å². The summed E-state index contributed by atoms with van der Waals surface area (Å²) in [5.41, 5.74) is 0.792. The fourth-order valence-electron chi connectivity index (χ4n) is 3.79. The van der Waals surface area contributed by atoms with Gasteiger partial charge in [-0.05, 0) is 47.2 Å². The topological polar surface area (TPSA) is 184 Å². The lowest BCUT2D eigenvalue weighted by Gasteiger charge is -2.18. The molecule has 0 saturated carbocycles. The normalized spacial score (nSPS) is 15.0. The van der Waals surface area contributed by atoms with Crippen LogP contribution in [-0.4, -0.2) is 56.9 Å². The van der Waals surface area contributed by atoms with Crippen molar-refractivity contribution in [3.05, 3.63) is 47.5 Å². The number of benzene rings is 2. The molecule has 13 heteroatoms. The molecule has 4 N–H and O–H groups in total. The van der Waals surface area contributed by atoms with E-state index in [9.17, 15) is 41.4 Å². The molecule has 0 aliphatic heterocycles. The third kappa shape index (κ3) is 5.19. The third-order valence-electron chi connectivity index (χ3n) is 5.81. The van der Waals surface area contributed by atoms with Crippen LogP contribution in [0.2, 0.25) is 0 Å². The van der Waals surface area contributed by atoms with Crippen LogP contribution in [0.4, 0.5) is 0 Å². The molecule has 0 amide bonds. The van der Waals surface area contributed by atoms with Gasteiger partial charge in [0.2, 0.25) is 20.0 Å². The Balaban J connectivity index is 1.97. The lowest BCUT2D eigenvalue weighted by atomic mass is 10.1. The Morgan fingerprint density at radius 2 is 1.00 bits per heavy atom. The zero-order chi connectivity index (χ0) is 27.2. The van der Waals surface area contributed by atoms with Crippen molar-refractivity contribution in [3.63, 3.8) is 0 Å².